The fraction of sp³-hybridized carbons (Fsp3) is 0.500. The summed E-state index contributed by atoms with van der Waals surface area (Å²) in [6, 6.07) is 0. The van der Waals surface area contributed by atoms with E-state index in [1.807, 2.05) is 0 Å². The van der Waals surface area contributed by atoms with Crippen molar-refractivity contribution < 1.29 is 26.6 Å². The number of hydrogen-bond acceptors (Lipinski definition) is 2. The molecule has 1 N–H and O–H groups in total. The minimum Gasteiger partial charge on any atom is -1.00 e. The van der Waals surface area contributed by atoms with E-state index < -0.39 is 0 Å². The van der Waals surface area contributed by atoms with Gasteiger partial charge in [0, 0.05) is 12.8 Å². The molecule has 0 aliphatic carbocycles. The van der Waals surface area contributed by atoms with Gasteiger partial charge in [0.15, 0.2) is 0 Å². The Hall–Kier alpha value is -0.380. The highest BCUT2D eigenvalue weighted by molar-refractivity contribution is 6.01. The topological polar surface area (TPSA) is 46.2 Å². The molecule has 1 saturated heterocycles. The number of imide groups is 1. The Kier molecular flexibility index (Phi) is 2.68. The largest absolute Gasteiger partial charge is 1.00 e. The zero-order valence-corrected chi connectivity index (χ0v) is 5.69. The first-order chi connectivity index (χ1) is 3.29. The van der Waals surface area contributed by atoms with Crippen LogP contribution in [0, 0.1) is 0 Å². The highest BCUT2D eigenvalue weighted by Crippen LogP contribution is 1.95. The first-order valence-corrected chi connectivity index (χ1v) is 2.12. The van der Waals surface area contributed by atoms with Crippen LogP contribution in [0.2, 0.25) is 0 Å². The van der Waals surface area contributed by atoms with E-state index in [4.69, 9.17) is 0 Å². The van der Waals surface area contributed by atoms with Crippen molar-refractivity contribution in [3.8, 4) is 0 Å². The van der Waals surface area contributed by atoms with Gasteiger partial charge in [-0.2, -0.15) is 0 Å². The molecule has 0 saturated carbocycles. The first-order valence-electron chi connectivity index (χ1n) is 2.12. The lowest BCUT2D eigenvalue weighted by Crippen LogP contribution is -3.00. The predicted molar refractivity (Wildman–Crippen MR) is 22.4 cm³/mol. The highest BCUT2D eigenvalue weighted by atomic mass is 79.9. The van der Waals surface area contributed by atoms with Crippen LogP contribution in [0.5, 0.6) is 0 Å². The van der Waals surface area contributed by atoms with Gasteiger partial charge >= 0.3 is 0 Å². The monoisotopic (exact) mass is 178 g/mol. The van der Waals surface area contributed by atoms with Gasteiger partial charge in [-0.15, -0.1) is 0 Å². The third-order valence-electron chi connectivity index (χ3n) is 0.858. The zero-order chi connectivity index (χ0) is 5.28. The van der Waals surface area contributed by atoms with E-state index >= 15 is 0 Å². The number of rotatable bonds is 0. The zero-order valence-electron chi connectivity index (χ0n) is 4.11. The molecule has 0 atom stereocenters. The summed E-state index contributed by atoms with van der Waals surface area (Å²) in [6.45, 7) is 0. The third-order valence-corrected chi connectivity index (χ3v) is 0.858. The van der Waals surface area contributed by atoms with Gasteiger partial charge in [-0.1, -0.05) is 0 Å². The van der Waals surface area contributed by atoms with Crippen LogP contribution >= 0.6 is 0 Å². The van der Waals surface area contributed by atoms with Gasteiger partial charge in [-0.3, -0.25) is 14.9 Å². The third kappa shape index (κ3) is 1.61. The standard InChI is InChI=1S/C4H5NO2.BrH/c6-3-1-2-4(7)5-3;/h1-2H2,(H,5,6,7);1H/p-1. The van der Waals surface area contributed by atoms with Crippen LogP contribution in [0.3, 0.4) is 0 Å². The van der Waals surface area contributed by atoms with Crippen molar-refractivity contribution in [3.05, 3.63) is 0 Å². The molecule has 0 aromatic rings. The molecule has 46 valence electrons. The molecule has 3 nitrogen and oxygen atoms in total. The number of nitrogens with one attached hydrogen (secondary N) is 1. The highest BCUT2D eigenvalue weighted by Gasteiger charge is 2.15. The average molecular weight is 179 g/mol. The van der Waals surface area contributed by atoms with Crippen molar-refractivity contribution in [1.29, 1.82) is 0 Å². The van der Waals surface area contributed by atoms with Gasteiger partial charge in [0.05, 0.1) is 0 Å². The predicted octanol–water partition coefficient (Wildman–Crippen LogP) is -3.57. The van der Waals surface area contributed by atoms with Gasteiger partial charge in [0.1, 0.15) is 0 Å². The molecule has 1 heterocycles. The Morgan fingerprint density at radius 3 is 1.62 bits per heavy atom. The maximum absolute atomic E-state index is 10.1. The van der Waals surface area contributed by atoms with Crippen molar-refractivity contribution >= 4 is 11.8 Å². The molecule has 0 aromatic heterocycles. The van der Waals surface area contributed by atoms with Crippen LogP contribution in [0.4, 0.5) is 0 Å². The number of amides is 2. The Morgan fingerprint density at radius 1 is 1.12 bits per heavy atom. The smallest absolute Gasteiger partial charge is 0.227 e. The number of hydrogen-bond donors (Lipinski definition) is 1. The molecule has 0 bridgehead atoms. The van der Waals surface area contributed by atoms with E-state index in [9.17, 15) is 9.59 Å². The summed E-state index contributed by atoms with van der Waals surface area (Å²) >= 11 is 0. The second-order valence-corrected chi connectivity index (χ2v) is 1.47. The van der Waals surface area contributed by atoms with Crippen LogP contribution < -0.4 is 22.3 Å². The summed E-state index contributed by atoms with van der Waals surface area (Å²) in [6.07, 6.45) is 0.748. The van der Waals surface area contributed by atoms with Crippen LogP contribution in [0.1, 0.15) is 12.8 Å². The van der Waals surface area contributed by atoms with E-state index in [2.05, 4.69) is 5.32 Å². The lowest BCUT2D eigenvalue weighted by Gasteiger charge is -1.79. The summed E-state index contributed by atoms with van der Waals surface area (Å²) in [5, 5.41) is 2.14. The van der Waals surface area contributed by atoms with E-state index in [0.29, 0.717) is 12.8 Å². The van der Waals surface area contributed by atoms with Crippen LogP contribution in [0.15, 0.2) is 0 Å². The second kappa shape index (κ2) is 2.81. The summed E-state index contributed by atoms with van der Waals surface area (Å²) in [5.74, 6) is -0.296. The van der Waals surface area contributed by atoms with Crippen LogP contribution in [-0.2, 0) is 9.59 Å². The van der Waals surface area contributed by atoms with Crippen molar-refractivity contribution in [2.75, 3.05) is 0 Å². The molecule has 1 aliphatic heterocycles. The molecular formula is C4H5BrNO2-. The van der Waals surface area contributed by atoms with Crippen LogP contribution in [-0.4, -0.2) is 11.8 Å². The van der Waals surface area contributed by atoms with E-state index in [0.717, 1.165) is 0 Å². The molecule has 0 aromatic carbocycles. The van der Waals surface area contributed by atoms with Gasteiger partial charge in [-0.05, 0) is 0 Å². The second-order valence-electron chi connectivity index (χ2n) is 1.47. The maximum atomic E-state index is 10.1. The van der Waals surface area contributed by atoms with E-state index in [1.165, 1.54) is 0 Å². The summed E-state index contributed by atoms with van der Waals surface area (Å²) in [5.41, 5.74) is 0. The minimum absolute atomic E-state index is 0. The molecule has 2 amide bonds. The average Bonchev–Trinajstić information content (AvgIpc) is 1.87. The van der Waals surface area contributed by atoms with Crippen molar-refractivity contribution in [2.24, 2.45) is 0 Å². The summed E-state index contributed by atoms with van der Waals surface area (Å²) in [7, 11) is 0. The summed E-state index contributed by atoms with van der Waals surface area (Å²) in [4.78, 5) is 20.2. The Bertz CT molecular complexity index is 109. The Morgan fingerprint density at radius 2 is 1.50 bits per heavy atom. The van der Waals surface area contributed by atoms with Gasteiger partial charge < -0.3 is 17.0 Å². The fourth-order valence-corrected chi connectivity index (χ4v) is 0.508. The SMILES string of the molecule is O=C1CCC(=O)N1.[Br-]. The van der Waals surface area contributed by atoms with E-state index in [-0.39, 0.29) is 28.8 Å². The van der Waals surface area contributed by atoms with E-state index in [1.54, 1.807) is 0 Å². The fourth-order valence-electron chi connectivity index (χ4n) is 0.508. The summed E-state index contributed by atoms with van der Waals surface area (Å²) < 4.78 is 0. The molecule has 0 spiro atoms. The Balaban J connectivity index is 0.000000490. The van der Waals surface area contributed by atoms with Crippen LogP contribution in [0.25, 0.3) is 0 Å². The first kappa shape index (κ1) is 7.62. The van der Waals surface area contributed by atoms with Crippen molar-refractivity contribution in [3.63, 3.8) is 0 Å². The van der Waals surface area contributed by atoms with Crippen molar-refractivity contribution in [1.82, 2.24) is 5.32 Å². The quantitative estimate of drug-likeness (QED) is 0.391. The number of carbonyl (C=O) groups excluding carboxylic acids is 2. The molecule has 8 heavy (non-hydrogen) atoms. The molecular weight excluding hydrogens is 174 g/mol. The van der Waals surface area contributed by atoms with Gasteiger partial charge in [0.2, 0.25) is 11.8 Å². The maximum Gasteiger partial charge on any atom is 0.227 e. The molecule has 4 heteroatoms. The minimum atomic E-state index is -0.148. The molecule has 1 fully saturated rings. The number of halogens is 1. The number of carbonyl (C=O) groups is 2. The van der Waals surface area contributed by atoms with Gasteiger partial charge in [-0.25, -0.2) is 0 Å². The molecule has 1 aliphatic rings. The molecule has 1 rings (SSSR count). The normalized spacial score (nSPS) is 17.5. The van der Waals surface area contributed by atoms with Crippen molar-refractivity contribution in [2.45, 2.75) is 12.8 Å². The molecule has 0 radical (unpaired) electrons. The Labute approximate surface area is 57.2 Å². The van der Waals surface area contributed by atoms with Gasteiger partial charge in [0.25, 0.3) is 0 Å². The molecule has 0 unspecified atom stereocenters. The lowest BCUT2D eigenvalue weighted by molar-refractivity contribution is -0.124. The lowest BCUT2D eigenvalue weighted by atomic mass is 10.4.